The molecule has 86 valence electrons. The van der Waals surface area contributed by atoms with Crippen LogP contribution in [0.2, 0.25) is 0 Å². The Balaban J connectivity index is 2.17. The number of hydrogen-bond acceptors (Lipinski definition) is 5. The van der Waals surface area contributed by atoms with Crippen LogP contribution in [-0.2, 0) is 4.74 Å². The van der Waals surface area contributed by atoms with Gasteiger partial charge in [-0.3, -0.25) is 0 Å². The summed E-state index contributed by atoms with van der Waals surface area (Å²) in [6, 6.07) is 1.83. The molecule has 0 spiro atoms. The van der Waals surface area contributed by atoms with Gasteiger partial charge >= 0.3 is 5.97 Å². The van der Waals surface area contributed by atoms with E-state index in [2.05, 4.69) is 19.6 Å². The fourth-order valence-electron chi connectivity index (χ4n) is 1.84. The minimum absolute atomic E-state index is 0.130. The van der Waals surface area contributed by atoms with Crippen molar-refractivity contribution >= 4 is 11.8 Å². The zero-order valence-electron chi connectivity index (χ0n) is 9.35. The average molecular weight is 221 g/mol. The number of esters is 1. The molecule has 0 radical (unpaired) electrons. The van der Waals surface area contributed by atoms with Crippen molar-refractivity contribution in [3.8, 4) is 0 Å². The molecule has 1 saturated heterocycles. The summed E-state index contributed by atoms with van der Waals surface area (Å²) in [5.74, 6) is 0.458. The highest BCUT2D eigenvalue weighted by Crippen LogP contribution is 2.16. The predicted octanol–water partition coefficient (Wildman–Crippen LogP) is 1.25. The number of aromatic nitrogens is 2. The first-order valence-electron chi connectivity index (χ1n) is 5.47. The third-order valence-electron chi connectivity index (χ3n) is 2.69. The summed E-state index contributed by atoms with van der Waals surface area (Å²) in [6.45, 7) is 2.00. The summed E-state index contributed by atoms with van der Waals surface area (Å²) < 4.78 is 4.60. The maximum Gasteiger partial charge on any atom is 0.376 e. The Bertz CT molecular complexity index is 375. The Labute approximate surface area is 94.5 Å². The highest BCUT2D eigenvalue weighted by molar-refractivity contribution is 5.85. The lowest BCUT2D eigenvalue weighted by Gasteiger charge is -2.27. The van der Waals surface area contributed by atoms with E-state index in [1.54, 1.807) is 6.20 Å². The predicted molar refractivity (Wildman–Crippen MR) is 59.4 cm³/mol. The molecule has 0 amide bonds. The molecular weight excluding hydrogens is 206 g/mol. The van der Waals surface area contributed by atoms with E-state index in [1.165, 1.54) is 26.4 Å². The number of rotatable bonds is 2. The lowest BCUT2D eigenvalue weighted by atomic mass is 10.1. The van der Waals surface area contributed by atoms with Crippen molar-refractivity contribution in [3.05, 3.63) is 18.1 Å². The molecule has 0 N–H and O–H groups in total. The van der Waals surface area contributed by atoms with E-state index in [0.717, 1.165) is 18.9 Å². The van der Waals surface area contributed by atoms with Gasteiger partial charge in [-0.25, -0.2) is 14.8 Å². The Hall–Kier alpha value is -1.65. The van der Waals surface area contributed by atoms with E-state index in [1.807, 2.05) is 6.07 Å². The second-order valence-electron chi connectivity index (χ2n) is 3.78. The third kappa shape index (κ3) is 2.29. The third-order valence-corrected chi connectivity index (χ3v) is 2.69. The van der Waals surface area contributed by atoms with Gasteiger partial charge in [0.1, 0.15) is 5.82 Å². The van der Waals surface area contributed by atoms with Gasteiger partial charge in [0.2, 0.25) is 5.82 Å². The first kappa shape index (κ1) is 10.9. The second-order valence-corrected chi connectivity index (χ2v) is 3.78. The number of nitrogens with zero attached hydrogens (tertiary/aromatic N) is 3. The van der Waals surface area contributed by atoms with E-state index in [-0.39, 0.29) is 5.82 Å². The summed E-state index contributed by atoms with van der Waals surface area (Å²) >= 11 is 0. The van der Waals surface area contributed by atoms with E-state index in [9.17, 15) is 4.79 Å². The summed E-state index contributed by atoms with van der Waals surface area (Å²) in [4.78, 5) is 21.6. The smallest absolute Gasteiger partial charge is 0.376 e. The van der Waals surface area contributed by atoms with Crippen molar-refractivity contribution < 1.29 is 9.53 Å². The SMILES string of the molecule is COC(=O)c1nccc(N2CCCCC2)n1. The summed E-state index contributed by atoms with van der Waals surface area (Å²) in [7, 11) is 1.33. The molecule has 2 rings (SSSR count). The van der Waals surface area contributed by atoms with E-state index in [0.29, 0.717) is 0 Å². The van der Waals surface area contributed by atoms with Crippen molar-refractivity contribution in [2.75, 3.05) is 25.1 Å². The van der Waals surface area contributed by atoms with Crippen molar-refractivity contribution in [3.63, 3.8) is 0 Å². The molecule has 1 aliphatic rings. The number of hydrogen-bond donors (Lipinski definition) is 0. The molecule has 0 aliphatic carbocycles. The Morgan fingerprint density at radius 1 is 1.38 bits per heavy atom. The van der Waals surface area contributed by atoms with Gasteiger partial charge in [-0.2, -0.15) is 0 Å². The highest BCUT2D eigenvalue weighted by atomic mass is 16.5. The molecule has 1 fully saturated rings. The van der Waals surface area contributed by atoms with Crippen LogP contribution in [0.15, 0.2) is 12.3 Å². The number of ether oxygens (including phenoxy) is 1. The van der Waals surface area contributed by atoms with Gasteiger partial charge in [-0.1, -0.05) is 0 Å². The van der Waals surface area contributed by atoms with Crippen LogP contribution in [0.4, 0.5) is 5.82 Å². The van der Waals surface area contributed by atoms with Crippen molar-refractivity contribution in [1.29, 1.82) is 0 Å². The standard InChI is InChI=1S/C11H15N3O2/c1-16-11(15)10-12-6-5-9(13-10)14-7-3-2-4-8-14/h5-6H,2-4,7-8H2,1H3. The minimum Gasteiger partial charge on any atom is -0.463 e. The zero-order valence-corrected chi connectivity index (χ0v) is 9.35. The zero-order chi connectivity index (χ0) is 11.4. The molecule has 1 aromatic heterocycles. The van der Waals surface area contributed by atoms with Gasteiger partial charge in [-0.15, -0.1) is 0 Å². The molecular formula is C11H15N3O2. The highest BCUT2D eigenvalue weighted by Gasteiger charge is 2.15. The molecule has 5 nitrogen and oxygen atoms in total. The van der Waals surface area contributed by atoms with Crippen LogP contribution >= 0.6 is 0 Å². The lowest BCUT2D eigenvalue weighted by molar-refractivity contribution is 0.0587. The number of carbonyl (C=O) groups excluding carboxylic acids is 1. The van der Waals surface area contributed by atoms with Crippen LogP contribution in [-0.4, -0.2) is 36.1 Å². The monoisotopic (exact) mass is 221 g/mol. The molecule has 1 aliphatic heterocycles. The molecule has 2 heterocycles. The maximum atomic E-state index is 11.3. The number of anilines is 1. The minimum atomic E-state index is -0.487. The molecule has 1 aromatic rings. The molecule has 0 atom stereocenters. The average Bonchev–Trinajstić information content (AvgIpc) is 2.39. The fourth-order valence-corrected chi connectivity index (χ4v) is 1.84. The van der Waals surface area contributed by atoms with Crippen LogP contribution < -0.4 is 4.90 Å². The van der Waals surface area contributed by atoms with Gasteiger partial charge in [0.25, 0.3) is 0 Å². The number of piperidine rings is 1. The van der Waals surface area contributed by atoms with E-state index < -0.39 is 5.97 Å². The number of methoxy groups -OCH3 is 1. The summed E-state index contributed by atoms with van der Waals surface area (Å²) in [5, 5.41) is 0. The maximum absolute atomic E-state index is 11.3. The Kier molecular flexibility index (Phi) is 3.34. The number of carbonyl (C=O) groups is 1. The van der Waals surface area contributed by atoms with E-state index in [4.69, 9.17) is 0 Å². The quantitative estimate of drug-likeness (QED) is 0.703. The molecule has 16 heavy (non-hydrogen) atoms. The van der Waals surface area contributed by atoms with Crippen LogP contribution in [0.5, 0.6) is 0 Å². The van der Waals surface area contributed by atoms with Crippen molar-refractivity contribution in [2.24, 2.45) is 0 Å². The van der Waals surface area contributed by atoms with Gasteiger partial charge < -0.3 is 9.64 Å². The lowest BCUT2D eigenvalue weighted by Crippen LogP contribution is -2.30. The molecule has 0 saturated carbocycles. The van der Waals surface area contributed by atoms with E-state index >= 15 is 0 Å². The van der Waals surface area contributed by atoms with Crippen molar-refractivity contribution in [1.82, 2.24) is 9.97 Å². The largest absolute Gasteiger partial charge is 0.463 e. The van der Waals surface area contributed by atoms with Crippen LogP contribution in [0.25, 0.3) is 0 Å². The topological polar surface area (TPSA) is 55.3 Å². The molecule has 5 heteroatoms. The van der Waals surface area contributed by atoms with Gasteiger partial charge in [0.05, 0.1) is 7.11 Å². The van der Waals surface area contributed by atoms with Gasteiger partial charge in [0, 0.05) is 19.3 Å². The Morgan fingerprint density at radius 3 is 2.81 bits per heavy atom. The van der Waals surface area contributed by atoms with Gasteiger partial charge in [-0.05, 0) is 25.3 Å². The van der Waals surface area contributed by atoms with Crippen molar-refractivity contribution in [2.45, 2.75) is 19.3 Å². The van der Waals surface area contributed by atoms with Crippen LogP contribution in [0.3, 0.4) is 0 Å². The second kappa shape index (κ2) is 4.92. The van der Waals surface area contributed by atoms with Crippen LogP contribution in [0, 0.1) is 0 Å². The van der Waals surface area contributed by atoms with Gasteiger partial charge in [0.15, 0.2) is 0 Å². The summed E-state index contributed by atoms with van der Waals surface area (Å²) in [6.07, 6.45) is 5.23. The summed E-state index contributed by atoms with van der Waals surface area (Å²) in [5.41, 5.74) is 0. The Morgan fingerprint density at radius 2 is 2.12 bits per heavy atom. The molecule has 0 aromatic carbocycles. The first-order chi connectivity index (χ1) is 7.81. The normalized spacial score (nSPS) is 15.9. The first-order valence-corrected chi connectivity index (χ1v) is 5.47. The fraction of sp³-hybridized carbons (Fsp3) is 0.545. The van der Waals surface area contributed by atoms with Crippen LogP contribution in [0.1, 0.15) is 29.9 Å². The molecule has 0 bridgehead atoms. The molecule has 0 unspecified atom stereocenters.